The van der Waals surface area contributed by atoms with Gasteiger partial charge in [0.15, 0.2) is 0 Å². The first kappa shape index (κ1) is 27.3. The topological polar surface area (TPSA) is 78.2 Å². The van der Waals surface area contributed by atoms with Gasteiger partial charge in [0.2, 0.25) is 0 Å². The number of aromatic nitrogens is 4. The molecule has 5 rings (SSSR count). The van der Waals surface area contributed by atoms with Gasteiger partial charge in [0.25, 0.3) is 0 Å². The predicted molar refractivity (Wildman–Crippen MR) is 163 cm³/mol. The van der Waals surface area contributed by atoms with Crippen LogP contribution in [0.25, 0.3) is 22.3 Å². The number of anilines is 3. The lowest BCUT2D eigenvalue weighted by Gasteiger charge is -2.24. The Morgan fingerprint density at radius 2 is 1.82 bits per heavy atom. The molecule has 208 valence electrons. The van der Waals surface area contributed by atoms with E-state index in [0.29, 0.717) is 12.8 Å². The summed E-state index contributed by atoms with van der Waals surface area (Å²) in [6.45, 7) is 8.40. The van der Waals surface area contributed by atoms with E-state index in [1.165, 1.54) is 32.1 Å². The van der Waals surface area contributed by atoms with E-state index in [2.05, 4.69) is 64.3 Å². The van der Waals surface area contributed by atoms with Gasteiger partial charge in [-0.3, -0.25) is 4.68 Å². The average molecular weight is 547 g/mol. The van der Waals surface area contributed by atoms with Crippen LogP contribution < -0.4 is 15.4 Å². The Labute approximate surface area is 232 Å². The fourth-order valence-electron chi connectivity index (χ4n) is 5.12. The van der Waals surface area contributed by atoms with Crippen LogP contribution in [0.1, 0.15) is 32.1 Å². The Morgan fingerprint density at radius 3 is 2.54 bits per heavy atom. The molecule has 9 heteroatoms. The normalized spacial score (nSPS) is 14.6. The number of methoxy groups -OCH3 is 1. The van der Waals surface area contributed by atoms with Crippen LogP contribution in [0.3, 0.4) is 0 Å². The number of aryl methyl sites for hydroxylation is 1. The molecule has 4 aromatic rings. The number of hydrogen-bond donors (Lipinski definition) is 2. The van der Waals surface area contributed by atoms with Crippen molar-refractivity contribution in [3.05, 3.63) is 48.8 Å². The summed E-state index contributed by atoms with van der Waals surface area (Å²) in [5.74, 6) is 1.51. The van der Waals surface area contributed by atoms with E-state index in [9.17, 15) is 0 Å². The number of nitrogens with zero attached hydrogens (tertiary/aromatic N) is 4. The third kappa shape index (κ3) is 6.83. The molecule has 8 nitrogen and oxygen atoms in total. The van der Waals surface area contributed by atoms with Crippen LogP contribution in [0.4, 0.5) is 17.2 Å². The van der Waals surface area contributed by atoms with Gasteiger partial charge in [-0.25, -0.2) is 4.98 Å². The monoisotopic (exact) mass is 546 g/mol. The van der Waals surface area contributed by atoms with Crippen LogP contribution in [-0.2, 0) is 18.5 Å². The summed E-state index contributed by atoms with van der Waals surface area (Å²) in [5.41, 5.74) is 4.80. The summed E-state index contributed by atoms with van der Waals surface area (Å²) in [4.78, 5) is 5.04. The fourth-order valence-corrected chi connectivity index (χ4v) is 5.87. The van der Waals surface area contributed by atoms with Crippen molar-refractivity contribution in [1.82, 2.24) is 19.3 Å². The maximum absolute atomic E-state index is 6.09. The van der Waals surface area contributed by atoms with Crippen LogP contribution in [0.5, 0.6) is 5.75 Å². The minimum Gasteiger partial charge on any atom is -0.495 e. The van der Waals surface area contributed by atoms with Gasteiger partial charge in [0.05, 0.1) is 18.5 Å². The molecule has 0 aliphatic heterocycles. The standard InChI is InChI=1S/C30H42N6O2Si/c1-35-15-14-25(34-35)22-11-12-26(28(19-22)37-2)32-29-20-27(31-23-9-7-6-8-10-23)24-13-16-36(30(24)33-29)21-38-17-18-39(3,4)5/h11-16,19-20,23H,6-10,17-18,21H2,1-5H3,(H2,31,32,33). The van der Waals surface area contributed by atoms with Crippen molar-refractivity contribution in [3.63, 3.8) is 0 Å². The molecule has 2 N–H and O–H groups in total. The highest BCUT2D eigenvalue weighted by Crippen LogP contribution is 2.35. The lowest BCUT2D eigenvalue weighted by atomic mass is 9.95. The van der Waals surface area contributed by atoms with Crippen molar-refractivity contribution < 1.29 is 9.47 Å². The lowest BCUT2D eigenvalue weighted by molar-refractivity contribution is 0.0899. The van der Waals surface area contributed by atoms with Gasteiger partial charge in [0.1, 0.15) is 23.9 Å². The summed E-state index contributed by atoms with van der Waals surface area (Å²) in [7, 11) is 2.47. The zero-order chi connectivity index (χ0) is 27.4. The lowest BCUT2D eigenvalue weighted by Crippen LogP contribution is -2.22. The second kappa shape index (κ2) is 11.8. The van der Waals surface area contributed by atoms with Crippen molar-refractivity contribution in [3.8, 4) is 17.0 Å². The van der Waals surface area contributed by atoms with Gasteiger partial charge in [-0.1, -0.05) is 45.0 Å². The maximum Gasteiger partial charge on any atom is 0.146 e. The van der Waals surface area contributed by atoms with E-state index >= 15 is 0 Å². The number of hydrogen-bond acceptors (Lipinski definition) is 6. The van der Waals surface area contributed by atoms with Crippen molar-refractivity contribution in [2.45, 2.75) is 70.6 Å². The Morgan fingerprint density at radius 1 is 1.00 bits per heavy atom. The Kier molecular flexibility index (Phi) is 8.28. The molecule has 0 amide bonds. The predicted octanol–water partition coefficient (Wildman–Crippen LogP) is 7.25. The zero-order valence-electron chi connectivity index (χ0n) is 24.0. The first-order valence-electron chi connectivity index (χ1n) is 14.1. The van der Waals surface area contributed by atoms with Crippen LogP contribution in [0.2, 0.25) is 25.7 Å². The van der Waals surface area contributed by atoms with Crippen molar-refractivity contribution in [2.24, 2.45) is 7.05 Å². The quantitative estimate of drug-likeness (QED) is 0.152. The van der Waals surface area contributed by atoms with E-state index in [-0.39, 0.29) is 0 Å². The smallest absolute Gasteiger partial charge is 0.146 e. The number of nitrogens with one attached hydrogen (secondary N) is 2. The largest absolute Gasteiger partial charge is 0.495 e. The first-order chi connectivity index (χ1) is 18.8. The number of fused-ring (bicyclic) bond motifs is 1. The van der Waals surface area contributed by atoms with Gasteiger partial charge in [-0.05, 0) is 43.2 Å². The minimum atomic E-state index is -1.14. The van der Waals surface area contributed by atoms with Gasteiger partial charge in [0, 0.05) is 62.9 Å². The third-order valence-electron chi connectivity index (χ3n) is 7.40. The van der Waals surface area contributed by atoms with Crippen molar-refractivity contribution in [1.29, 1.82) is 0 Å². The Hall–Kier alpha value is -3.30. The second-order valence-corrected chi connectivity index (χ2v) is 17.4. The summed E-state index contributed by atoms with van der Waals surface area (Å²) < 4.78 is 15.8. The Bertz CT molecular complexity index is 1400. The van der Waals surface area contributed by atoms with E-state index in [0.717, 1.165) is 57.9 Å². The number of pyridine rings is 1. The molecule has 0 unspecified atom stereocenters. The number of rotatable bonds is 11. The number of benzene rings is 1. The maximum atomic E-state index is 6.09. The van der Waals surface area contributed by atoms with Crippen molar-refractivity contribution in [2.75, 3.05) is 24.4 Å². The van der Waals surface area contributed by atoms with Gasteiger partial charge in [-0.2, -0.15) is 5.10 Å². The SMILES string of the molecule is COc1cc(-c2ccn(C)n2)ccc1Nc1cc(NC2CCCCC2)c2ccn(COCC[Si](C)(C)C)c2n1. The molecule has 1 aliphatic carbocycles. The zero-order valence-corrected chi connectivity index (χ0v) is 25.0. The highest BCUT2D eigenvalue weighted by atomic mass is 28.3. The molecule has 0 spiro atoms. The van der Waals surface area contributed by atoms with Gasteiger partial charge < -0.3 is 24.7 Å². The molecule has 0 atom stereocenters. The second-order valence-electron chi connectivity index (χ2n) is 11.8. The highest BCUT2D eigenvalue weighted by molar-refractivity contribution is 6.76. The summed E-state index contributed by atoms with van der Waals surface area (Å²) in [6.07, 6.45) is 10.3. The van der Waals surface area contributed by atoms with Crippen LogP contribution in [-0.4, -0.2) is 47.2 Å². The molecule has 39 heavy (non-hydrogen) atoms. The van der Waals surface area contributed by atoms with E-state index in [1.54, 1.807) is 11.8 Å². The van der Waals surface area contributed by atoms with E-state index in [4.69, 9.17) is 14.5 Å². The molecular weight excluding hydrogens is 504 g/mol. The van der Waals surface area contributed by atoms with Crippen LogP contribution in [0.15, 0.2) is 48.8 Å². The van der Waals surface area contributed by atoms with Crippen molar-refractivity contribution >= 4 is 36.3 Å². The van der Waals surface area contributed by atoms with Crippen LogP contribution in [0, 0.1) is 0 Å². The molecule has 3 aromatic heterocycles. The number of ether oxygens (including phenoxy) is 2. The molecule has 1 aromatic carbocycles. The summed E-state index contributed by atoms with van der Waals surface area (Å²) in [6, 6.07) is 14.0. The minimum absolute atomic E-state index is 0.487. The molecule has 0 bridgehead atoms. The summed E-state index contributed by atoms with van der Waals surface area (Å²) >= 11 is 0. The average Bonchev–Trinajstić information content (AvgIpc) is 3.53. The van der Waals surface area contributed by atoms with Gasteiger partial charge in [-0.15, -0.1) is 0 Å². The fraction of sp³-hybridized carbons (Fsp3) is 0.467. The molecule has 1 fully saturated rings. The molecular formula is C30H42N6O2Si. The molecule has 0 radical (unpaired) electrons. The molecule has 1 saturated carbocycles. The van der Waals surface area contributed by atoms with E-state index in [1.807, 2.05) is 31.4 Å². The first-order valence-corrected chi connectivity index (χ1v) is 17.8. The van der Waals surface area contributed by atoms with Crippen LogP contribution >= 0.6 is 0 Å². The highest BCUT2D eigenvalue weighted by Gasteiger charge is 2.18. The molecule has 0 saturated heterocycles. The van der Waals surface area contributed by atoms with Gasteiger partial charge >= 0.3 is 0 Å². The Balaban J connectivity index is 1.44. The summed E-state index contributed by atoms with van der Waals surface area (Å²) in [5, 5.41) is 13.0. The van der Waals surface area contributed by atoms with E-state index < -0.39 is 8.07 Å². The molecule has 1 aliphatic rings. The molecule has 3 heterocycles. The third-order valence-corrected chi connectivity index (χ3v) is 9.10.